The lowest BCUT2D eigenvalue weighted by Crippen LogP contribution is -2.42. The molecule has 0 aliphatic carbocycles. The van der Waals surface area contributed by atoms with Crippen LogP contribution in [0.3, 0.4) is 0 Å². The van der Waals surface area contributed by atoms with Crippen LogP contribution in [0, 0.1) is 0 Å². The van der Waals surface area contributed by atoms with Gasteiger partial charge in [-0.2, -0.15) is 0 Å². The highest BCUT2D eigenvalue weighted by atomic mass is 79.9. The van der Waals surface area contributed by atoms with Gasteiger partial charge in [0.25, 0.3) is 0 Å². The first kappa shape index (κ1) is 14.7. The fraction of sp³-hybridized carbons (Fsp3) is 0.273. The van der Waals surface area contributed by atoms with E-state index in [0.717, 1.165) is 9.35 Å². The topological polar surface area (TPSA) is 69.6 Å². The number of halogens is 1. The molecule has 1 aromatic rings. The van der Waals surface area contributed by atoms with E-state index in [1.807, 2.05) is 11.4 Å². The highest BCUT2D eigenvalue weighted by Crippen LogP contribution is 2.19. The van der Waals surface area contributed by atoms with Crippen molar-refractivity contribution in [1.29, 1.82) is 0 Å². The van der Waals surface area contributed by atoms with Crippen molar-refractivity contribution in [2.24, 2.45) is 0 Å². The van der Waals surface area contributed by atoms with E-state index in [1.54, 1.807) is 0 Å². The molecule has 1 aromatic heterocycles. The minimum Gasteiger partial charge on any atom is -0.480 e. The molecule has 2 N–H and O–H groups in total. The van der Waals surface area contributed by atoms with Crippen LogP contribution in [0.15, 0.2) is 28.6 Å². The Morgan fingerprint density at radius 1 is 1.61 bits per heavy atom. The van der Waals surface area contributed by atoms with E-state index in [2.05, 4.69) is 27.8 Å². The zero-order chi connectivity index (χ0) is 13.5. The molecule has 5 nitrogen and oxygen atoms in total. The molecule has 98 valence electrons. The molecule has 0 saturated carbocycles. The van der Waals surface area contributed by atoms with Gasteiger partial charge in [-0.25, -0.2) is 4.79 Å². The van der Waals surface area contributed by atoms with Gasteiger partial charge in [0.2, 0.25) is 0 Å². The monoisotopic (exact) mass is 332 g/mol. The second kappa shape index (κ2) is 7.17. The van der Waals surface area contributed by atoms with E-state index >= 15 is 0 Å². The number of thiophene rings is 1. The summed E-state index contributed by atoms with van der Waals surface area (Å²) >= 11 is 4.84. The van der Waals surface area contributed by atoms with E-state index in [0.29, 0.717) is 6.54 Å². The van der Waals surface area contributed by atoms with Crippen molar-refractivity contribution < 1.29 is 14.7 Å². The molecule has 0 aliphatic rings. The number of rotatable bonds is 6. The van der Waals surface area contributed by atoms with Crippen LogP contribution in [-0.2, 0) is 11.3 Å². The largest absolute Gasteiger partial charge is 0.480 e. The summed E-state index contributed by atoms with van der Waals surface area (Å²) in [6, 6.07) is 1.49. The van der Waals surface area contributed by atoms with E-state index < -0.39 is 12.0 Å². The normalized spacial score (nSPS) is 9.83. The molecule has 0 fully saturated rings. The van der Waals surface area contributed by atoms with Gasteiger partial charge in [-0.15, -0.1) is 17.9 Å². The number of amides is 2. The Kier molecular flexibility index (Phi) is 5.87. The summed E-state index contributed by atoms with van der Waals surface area (Å²) in [7, 11) is 0. The summed E-state index contributed by atoms with van der Waals surface area (Å²) in [5.74, 6) is -1.05. The number of hydrogen-bond acceptors (Lipinski definition) is 3. The second-order valence-electron chi connectivity index (χ2n) is 3.45. The molecule has 0 spiro atoms. The van der Waals surface area contributed by atoms with Crippen molar-refractivity contribution in [3.05, 3.63) is 33.5 Å². The quantitative estimate of drug-likeness (QED) is 0.785. The molecule has 0 aliphatic heterocycles. The average Bonchev–Trinajstić information content (AvgIpc) is 2.71. The van der Waals surface area contributed by atoms with Crippen LogP contribution < -0.4 is 5.32 Å². The van der Waals surface area contributed by atoms with Gasteiger partial charge < -0.3 is 15.3 Å². The lowest BCUT2D eigenvalue weighted by molar-refractivity contribution is -0.137. The van der Waals surface area contributed by atoms with Crippen molar-refractivity contribution in [3.8, 4) is 0 Å². The average molecular weight is 333 g/mol. The molecule has 7 heteroatoms. The number of carbonyl (C=O) groups is 2. The summed E-state index contributed by atoms with van der Waals surface area (Å²) in [6.07, 6.45) is 1.49. The molecule has 0 bridgehead atoms. The van der Waals surface area contributed by atoms with Gasteiger partial charge in [-0.05, 0) is 22.0 Å². The Morgan fingerprint density at radius 3 is 2.83 bits per heavy atom. The van der Waals surface area contributed by atoms with Gasteiger partial charge in [0, 0.05) is 21.3 Å². The maximum Gasteiger partial charge on any atom is 0.323 e. The number of carbonyl (C=O) groups excluding carboxylic acids is 1. The first-order valence-electron chi connectivity index (χ1n) is 5.11. The number of aliphatic carboxylic acids is 1. The maximum absolute atomic E-state index is 11.7. The Hall–Kier alpha value is -1.34. The Morgan fingerprint density at radius 2 is 2.33 bits per heavy atom. The van der Waals surface area contributed by atoms with E-state index in [9.17, 15) is 9.59 Å². The van der Waals surface area contributed by atoms with E-state index in [1.165, 1.54) is 22.3 Å². The first-order valence-corrected chi connectivity index (χ1v) is 6.78. The molecule has 0 saturated heterocycles. The molecular formula is C11H13BrN2O3S. The Balaban J connectivity index is 2.50. The molecule has 18 heavy (non-hydrogen) atoms. The van der Waals surface area contributed by atoms with Crippen molar-refractivity contribution in [2.75, 3.05) is 13.1 Å². The Bertz CT molecular complexity index is 447. The summed E-state index contributed by atoms with van der Waals surface area (Å²) in [6.45, 7) is 3.73. The van der Waals surface area contributed by atoms with Gasteiger partial charge in [-0.3, -0.25) is 4.79 Å². The number of urea groups is 1. The minimum absolute atomic E-state index is 0.201. The van der Waals surface area contributed by atoms with Gasteiger partial charge in [-0.1, -0.05) is 6.08 Å². The molecule has 0 aromatic carbocycles. The van der Waals surface area contributed by atoms with Crippen LogP contribution in [0.5, 0.6) is 0 Å². The van der Waals surface area contributed by atoms with Crippen LogP contribution in [0.25, 0.3) is 0 Å². The second-order valence-corrected chi connectivity index (χ2v) is 5.36. The van der Waals surface area contributed by atoms with Crippen LogP contribution >= 0.6 is 27.3 Å². The third-order valence-corrected chi connectivity index (χ3v) is 3.70. The summed E-state index contributed by atoms with van der Waals surface area (Å²) in [5.41, 5.74) is 0. The molecule has 0 unspecified atom stereocenters. The van der Waals surface area contributed by atoms with Crippen LogP contribution in [0.2, 0.25) is 0 Å². The van der Waals surface area contributed by atoms with Crippen molar-refractivity contribution >= 4 is 39.3 Å². The molecule has 0 atom stereocenters. The number of nitrogens with zero attached hydrogens (tertiary/aromatic N) is 1. The summed E-state index contributed by atoms with van der Waals surface area (Å²) in [5, 5.41) is 13.3. The number of carboxylic acids is 1. The summed E-state index contributed by atoms with van der Waals surface area (Å²) < 4.78 is 0.963. The van der Waals surface area contributed by atoms with Gasteiger partial charge in [0.1, 0.15) is 6.54 Å². The van der Waals surface area contributed by atoms with Crippen molar-refractivity contribution in [3.63, 3.8) is 0 Å². The SMILES string of the molecule is C=CCN(CC(=O)O)C(=O)NCc1cc(Br)cs1. The van der Waals surface area contributed by atoms with Crippen molar-refractivity contribution in [1.82, 2.24) is 10.2 Å². The Labute approximate surface area is 117 Å². The lowest BCUT2D eigenvalue weighted by atomic mass is 10.4. The molecule has 1 heterocycles. The van der Waals surface area contributed by atoms with Crippen LogP contribution in [0.4, 0.5) is 4.79 Å². The molecule has 2 amide bonds. The van der Waals surface area contributed by atoms with Gasteiger partial charge >= 0.3 is 12.0 Å². The number of hydrogen-bond donors (Lipinski definition) is 2. The fourth-order valence-electron chi connectivity index (χ4n) is 1.26. The standard InChI is InChI=1S/C11H13BrN2O3S/c1-2-3-14(6-10(15)16)11(17)13-5-9-4-8(12)7-18-9/h2,4,7H,1,3,5-6H2,(H,13,17)(H,15,16). The van der Waals surface area contributed by atoms with E-state index in [4.69, 9.17) is 5.11 Å². The van der Waals surface area contributed by atoms with E-state index in [-0.39, 0.29) is 13.1 Å². The first-order chi connectivity index (χ1) is 8.52. The lowest BCUT2D eigenvalue weighted by Gasteiger charge is -2.19. The van der Waals surface area contributed by atoms with Crippen LogP contribution in [-0.4, -0.2) is 35.1 Å². The minimum atomic E-state index is -1.05. The van der Waals surface area contributed by atoms with Crippen LogP contribution in [0.1, 0.15) is 4.88 Å². The van der Waals surface area contributed by atoms with Crippen molar-refractivity contribution in [2.45, 2.75) is 6.54 Å². The predicted molar refractivity (Wildman–Crippen MR) is 73.7 cm³/mol. The number of nitrogens with one attached hydrogen (secondary N) is 1. The predicted octanol–water partition coefficient (Wildman–Crippen LogP) is 2.29. The zero-order valence-corrected chi connectivity index (χ0v) is 12.0. The molecule has 0 radical (unpaired) electrons. The zero-order valence-electron chi connectivity index (χ0n) is 9.56. The third kappa shape index (κ3) is 4.89. The highest BCUT2D eigenvalue weighted by molar-refractivity contribution is 9.10. The molecular weight excluding hydrogens is 320 g/mol. The fourth-order valence-corrected chi connectivity index (χ4v) is 2.65. The number of carboxylic acid groups (broad SMARTS) is 1. The third-order valence-electron chi connectivity index (χ3n) is 2.00. The smallest absolute Gasteiger partial charge is 0.323 e. The highest BCUT2D eigenvalue weighted by Gasteiger charge is 2.14. The molecule has 1 rings (SSSR count). The van der Waals surface area contributed by atoms with Gasteiger partial charge in [0.15, 0.2) is 0 Å². The maximum atomic E-state index is 11.7. The summed E-state index contributed by atoms with van der Waals surface area (Å²) in [4.78, 5) is 24.5. The van der Waals surface area contributed by atoms with Gasteiger partial charge in [0.05, 0.1) is 6.54 Å².